The van der Waals surface area contributed by atoms with Crippen molar-refractivity contribution in [2.75, 3.05) is 12.4 Å². The Kier molecular flexibility index (Phi) is 4.06. The number of fused-ring (bicyclic) bond motifs is 1. The van der Waals surface area contributed by atoms with Gasteiger partial charge in [-0.25, -0.2) is 9.78 Å². The minimum absolute atomic E-state index is 0.375. The van der Waals surface area contributed by atoms with Crippen molar-refractivity contribution in [3.05, 3.63) is 66.5 Å². The van der Waals surface area contributed by atoms with E-state index >= 15 is 0 Å². The molecule has 0 unspecified atom stereocenters. The maximum atomic E-state index is 11.6. The quantitative estimate of drug-likeness (QED) is 0.554. The molecule has 0 atom stereocenters. The number of hydrogen-bond donors (Lipinski definition) is 1. The molecule has 130 valence electrons. The monoisotopic (exact) mass is 349 g/mol. The predicted octanol–water partition coefficient (Wildman–Crippen LogP) is 2.78. The van der Waals surface area contributed by atoms with Gasteiger partial charge in [-0.15, -0.1) is 10.2 Å². The number of methoxy groups -OCH3 is 1. The zero-order chi connectivity index (χ0) is 17.9. The summed E-state index contributed by atoms with van der Waals surface area (Å²) in [5, 5.41) is 11.4. The predicted molar refractivity (Wildman–Crippen MR) is 93.6 cm³/mol. The third kappa shape index (κ3) is 2.88. The number of benzene rings is 1. The molecular weight excluding hydrogens is 334 g/mol. The van der Waals surface area contributed by atoms with E-state index in [4.69, 9.17) is 9.15 Å². The van der Waals surface area contributed by atoms with Gasteiger partial charge in [0.05, 0.1) is 25.5 Å². The highest BCUT2D eigenvalue weighted by Gasteiger charge is 2.12. The van der Waals surface area contributed by atoms with Gasteiger partial charge in [0.2, 0.25) is 5.95 Å². The molecule has 0 saturated carbocycles. The van der Waals surface area contributed by atoms with Crippen molar-refractivity contribution in [1.29, 1.82) is 0 Å². The summed E-state index contributed by atoms with van der Waals surface area (Å²) in [6.45, 7) is 0.500. The highest BCUT2D eigenvalue weighted by atomic mass is 16.5. The number of ether oxygens (including phenoxy) is 1. The van der Waals surface area contributed by atoms with Crippen molar-refractivity contribution in [1.82, 2.24) is 19.6 Å². The minimum atomic E-state index is -0.375. The van der Waals surface area contributed by atoms with Gasteiger partial charge in [-0.3, -0.25) is 4.40 Å². The first-order chi connectivity index (χ1) is 12.8. The van der Waals surface area contributed by atoms with Crippen LogP contribution in [-0.2, 0) is 11.3 Å². The molecule has 26 heavy (non-hydrogen) atoms. The number of carbonyl (C=O) groups is 1. The fraction of sp³-hybridized carbons (Fsp3) is 0.111. The van der Waals surface area contributed by atoms with E-state index in [0.29, 0.717) is 23.7 Å². The zero-order valence-corrected chi connectivity index (χ0v) is 13.9. The van der Waals surface area contributed by atoms with Crippen LogP contribution in [0.3, 0.4) is 0 Å². The van der Waals surface area contributed by atoms with Crippen LogP contribution in [0.1, 0.15) is 16.1 Å². The zero-order valence-electron chi connectivity index (χ0n) is 13.9. The molecule has 4 rings (SSSR count). The van der Waals surface area contributed by atoms with Gasteiger partial charge in [0.1, 0.15) is 12.1 Å². The lowest BCUT2D eigenvalue weighted by molar-refractivity contribution is 0.0601. The Morgan fingerprint density at radius 3 is 2.85 bits per heavy atom. The molecule has 0 fully saturated rings. The molecule has 3 heterocycles. The van der Waals surface area contributed by atoms with Gasteiger partial charge in [-0.05, 0) is 29.8 Å². The first-order valence-electron chi connectivity index (χ1n) is 7.90. The summed E-state index contributed by atoms with van der Waals surface area (Å²) in [6.07, 6.45) is 4.95. The van der Waals surface area contributed by atoms with Gasteiger partial charge in [0, 0.05) is 11.8 Å². The van der Waals surface area contributed by atoms with E-state index in [1.807, 2.05) is 24.3 Å². The Balaban J connectivity index is 1.65. The number of esters is 1. The molecule has 1 aromatic carbocycles. The second-order valence-corrected chi connectivity index (χ2v) is 5.52. The van der Waals surface area contributed by atoms with Crippen LogP contribution in [-0.4, -0.2) is 32.7 Å². The average Bonchev–Trinajstić information content (AvgIpc) is 3.37. The van der Waals surface area contributed by atoms with Gasteiger partial charge < -0.3 is 14.5 Å². The maximum absolute atomic E-state index is 11.6. The Labute approximate surface area is 148 Å². The molecule has 3 aromatic heterocycles. The standard InChI is InChI=1S/C18H15N5O3/c1-25-17(24)13-6-4-12(5-7-13)15-10-20-18(23-11-21-22-16(15)23)19-9-14-3-2-8-26-14/h2-8,10-11H,9H2,1H3,(H,19,20). The average molecular weight is 349 g/mol. The van der Waals surface area contributed by atoms with Crippen molar-refractivity contribution in [3.63, 3.8) is 0 Å². The minimum Gasteiger partial charge on any atom is -0.467 e. The number of carbonyl (C=O) groups excluding carboxylic acids is 1. The topological polar surface area (TPSA) is 94.5 Å². The summed E-state index contributed by atoms with van der Waals surface area (Å²) in [7, 11) is 1.36. The van der Waals surface area contributed by atoms with Gasteiger partial charge in [-0.1, -0.05) is 12.1 Å². The Bertz CT molecular complexity index is 1040. The summed E-state index contributed by atoms with van der Waals surface area (Å²) < 4.78 is 11.8. The fourth-order valence-electron chi connectivity index (χ4n) is 2.64. The van der Waals surface area contributed by atoms with E-state index < -0.39 is 0 Å². The van der Waals surface area contributed by atoms with Gasteiger partial charge >= 0.3 is 5.97 Å². The number of nitrogens with zero attached hydrogens (tertiary/aromatic N) is 4. The number of anilines is 1. The molecule has 0 aliphatic heterocycles. The number of hydrogen-bond acceptors (Lipinski definition) is 7. The van der Waals surface area contributed by atoms with Crippen molar-refractivity contribution in [2.24, 2.45) is 0 Å². The number of nitrogens with one attached hydrogen (secondary N) is 1. The summed E-state index contributed by atoms with van der Waals surface area (Å²) in [6, 6.07) is 10.8. The van der Waals surface area contributed by atoms with Crippen LogP contribution in [0, 0.1) is 0 Å². The summed E-state index contributed by atoms with van der Waals surface area (Å²) in [4.78, 5) is 16.0. The van der Waals surface area contributed by atoms with Gasteiger partial charge in [-0.2, -0.15) is 0 Å². The van der Waals surface area contributed by atoms with Crippen molar-refractivity contribution in [3.8, 4) is 11.1 Å². The van der Waals surface area contributed by atoms with E-state index in [0.717, 1.165) is 16.9 Å². The molecule has 0 aliphatic rings. The van der Waals surface area contributed by atoms with E-state index in [9.17, 15) is 4.79 Å². The first-order valence-corrected chi connectivity index (χ1v) is 7.90. The van der Waals surface area contributed by atoms with E-state index in [2.05, 4.69) is 20.5 Å². The maximum Gasteiger partial charge on any atom is 0.337 e. The lowest BCUT2D eigenvalue weighted by Gasteiger charge is -2.09. The molecule has 0 radical (unpaired) electrons. The van der Waals surface area contributed by atoms with Crippen LogP contribution >= 0.6 is 0 Å². The molecule has 4 aromatic rings. The second kappa shape index (κ2) is 6.67. The normalized spacial score (nSPS) is 10.8. The molecule has 0 saturated heterocycles. The van der Waals surface area contributed by atoms with Crippen molar-refractivity contribution >= 4 is 17.6 Å². The Hall–Kier alpha value is -3.68. The molecule has 0 amide bonds. The molecule has 0 spiro atoms. The van der Waals surface area contributed by atoms with Crippen LogP contribution < -0.4 is 5.32 Å². The van der Waals surface area contributed by atoms with Crippen LogP contribution in [0.15, 0.2) is 59.6 Å². The number of furan rings is 1. The van der Waals surface area contributed by atoms with Crippen LogP contribution in [0.2, 0.25) is 0 Å². The molecule has 8 nitrogen and oxygen atoms in total. The number of aromatic nitrogens is 4. The molecule has 1 N–H and O–H groups in total. The lowest BCUT2D eigenvalue weighted by Crippen LogP contribution is -2.06. The smallest absolute Gasteiger partial charge is 0.337 e. The Morgan fingerprint density at radius 1 is 1.27 bits per heavy atom. The van der Waals surface area contributed by atoms with Gasteiger partial charge in [0.15, 0.2) is 5.65 Å². The fourth-order valence-corrected chi connectivity index (χ4v) is 2.64. The largest absolute Gasteiger partial charge is 0.467 e. The third-order valence-corrected chi connectivity index (χ3v) is 3.95. The van der Waals surface area contributed by atoms with Gasteiger partial charge in [0.25, 0.3) is 0 Å². The van der Waals surface area contributed by atoms with Crippen molar-refractivity contribution in [2.45, 2.75) is 6.54 Å². The van der Waals surface area contributed by atoms with E-state index in [1.165, 1.54) is 7.11 Å². The first kappa shape index (κ1) is 15.8. The number of rotatable bonds is 5. The van der Waals surface area contributed by atoms with E-state index in [-0.39, 0.29) is 5.97 Å². The van der Waals surface area contributed by atoms with Crippen LogP contribution in [0.4, 0.5) is 5.95 Å². The second-order valence-electron chi connectivity index (χ2n) is 5.52. The van der Waals surface area contributed by atoms with Crippen LogP contribution in [0.5, 0.6) is 0 Å². The Morgan fingerprint density at radius 2 is 2.12 bits per heavy atom. The van der Waals surface area contributed by atoms with E-state index in [1.54, 1.807) is 35.3 Å². The molecular formula is C18H15N5O3. The molecule has 8 heteroatoms. The highest BCUT2D eigenvalue weighted by Crippen LogP contribution is 2.25. The van der Waals surface area contributed by atoms with Crippen molar-refractivity contribution < 1.29 is 13.9 Å². The SMILES string of the molecule is COC(=O)c1ccc(-c2cnc(NCc3ccco3)n3cnnc23)cc1. The molecule has 0 aliphatic carbocycles. The summed E-state index contributed by atoms with van der Waals surface area (Å²) in [5.74, 6) is 1.03. The third-order valence-electron chi connectivity index (χ3n) is 3.95. The highest BCUT2D eigenvalue weighted by molar-refractivity contribution is 5.90. The van der Waals surface area contributed by atoms with Crippen LogP contribution in [0.25, 0.3) is 16.8 Å². The summed E-state index contributed by atoms with van der Waals surface area (Å²) in [5.41, 5.74) is 2.83. The summed E-state index contributed by atoms with van der Waals surface area (Å²) >= 11 is 0. The molecule has 0 bridgehead atoms. The lowest BCUT2D eigenvalue weighted by atomic mass is 10.1.